The van der Waals surface area contributed by atoms with Crippen LogP contribution in [-0.4, -0.2) is 14.4 Å². The van der Waals surface area contributed by atoms with E-state index in [-0.39, 0.29) is 5.56 Å². The van der Waals surface area contributed by atoms with Crippen molar-refractivity contribution in [3.05, 3.63) is 76.1 Å². The summed E-state index contributed by atoms with van der Waals surface area (Å²) in [5, 5.41) is 11.8. The normalized spacial score (nSPS) is 11.4. The Morgan fingerprint density at radius 3 is 2.65 bits per heavy atom. The number of para-hydroxylation sites is 2. The number of rotatable bonds is 0. The summed E-state index contributed by atoms with van der Waals surface area (Å²) in [6.07, 6.45) is 0. The summed E-state index contributed by atoms with van der Waals surface area (Å²) >= 11 is 0. The average molecular weight is 336 g/mol. The summed E-state index contributed by atoms with van der Waals surface area (Å²) in [5.74, 6) is 0. The molecular formula is C21H12N4O. The van der Waals surface area contributed by atoms with Crippen molar-refractivity contribution in [1.29, 1.82) is 5.26 Å². The fourth-order valence-electron chi connectivity index (χ4n) is 3.45. The van der Waals surface area contributed by atoms with Crippen molar-refractivity contribution in [2.24, 2.45) is 0 Å². The molecule has 2 aromatic carbocycles. The summed E-state index contributed by atoms with van der Waals surface area (Å²) < 4.78 is 1.46. The Bertz CT molecular complexity index is 1480. The van der Waals surface area contributed by atoms with Crippen LogP contribution in [0.2, 0.25) is 0 Å². The van der Waals surface area contributed by atoms with Gasteiger partial charge in [0.2, 0.25) is 0 Å². The van der Waals surface area contributed by atoms with Gasteiger partial charge >= 0.3 is 0 Å². The van der Waals surface area contributed by atoms with Crippen LogP contribution in [0.3, 0.4) is 0 Å². The van der Waals surface area contributed by atoms with Gasteiger partial charge in [-0.05, 0) is 36.8 Å². The van der Waals surface area contributed by atoms with Crippen LogP contribution in [0.1, 0.15) is 11.1 Å². The molecule has 0 saturated heterocycles. The molecule has 0 N–H and O–H groups in total. The quantitative estimate of drug-likeness (QED) is 0.319. The van der Waals surface area contributed by atoms with Gasteiger partial charge in [-0.2, -0.15) is 5.26 Å². The summed E-state index contributed by atoms with van der Waals surface area (Å²) in [4.78, 5) is 22.5. The molecule has 0 fully saturated rings. The largest absolute Gasteiger partial charge is 0.268 e. The molecule has 3 heterocycles. The van der Waals surface area contributed by atoms with Crippen LogP contribution >= 0.6 is 0 Å². The highest BCUT2D eigenvalue weighted by Gasteiger charge is 2.14. The number of pyridine rings is 2. The third kappa shape index (κ3) is 1.87. The van der Waals surface area contributed by atoms with Gasteiger partial charge in [-0.3, -0.25) is 4.79 Å². The molecule has 3 aromatic heterocycles. The van der Waals surface area contributed by atoms with E-state index in [2.05, 4.69) is 11.1 Å². The van der Waals surface area contributed by atoms with Crippen molar-refractivity contribution >= 4 is 38.5 Å². The molecule has 0 unspecified atom stereocenters. The third-order valence-electron chi connectivity index (χ3n) is 4.70. The van der Waals surface area contributed by atoms with Crippen LogP contribution in [0, 0.1) is 18.3 Å². The lowest BCUT2D eigenvalue weighted by atomic mass is 10.1. The van der Waals surface area contributed by atoms with Crippen molar-refractivity contribution in [1.82, 2.24) is 14.4 Å². The van der Waals surface area contributed by atoms with E-state index in [0.29, 0.717) is 27.8 Å². The van der Waals surface area contributed by atoms with E-state index >= 15 is 0 Å². The third-order valence-corrected chi connectivity index (χ3v) is 4.70. The van der Waals surface area contributed by atoms with Crippen LogP contribution in [0.4, 0.5) is 0 Å². The number of hydrogen-bond acceptors (Lipinski definition) is 4. The Kier molecular flexibility index (Phi) is 2.86. The topological polar surface area (TPSA) is 71.0 Å². The van der Waals surface area contributed by atoms with E-state index in [4.69, 9.17) is 4.98 Å². The van der Waals surface area contributed by atoms with Gasteiger partial charge in [-0.25, -0.2) is 14.4 Å². The molecule has 5 heteroatoms. The van der Waals surface area contributed by atoms with Crippen molar-refractivity contribution in [2.45, 2.75) is 6.92 Å². The van der Waals surface area contributed by atoms with Crippen LogP contribution in [0.25, 0.3) is 38.5 Å². The summed E-state index contributed by atoms with van der Waals surface area (Å²) in [7, 11) is 0. The van der Waals surface area contributed by atoms with E-state index in [1.54, 1.807) is 24.3 Å². The van der Waals surface area contributed by atoms with Crippen LogP contribution in [0.15, 0.2) is 59.4 Å². The predicted molar refractivity (Wildman–Crippen MR) is 101 cm³/mol. The second-order valence-corrected chi connectivity index (χ2v) is 6.31. The maximum Gasteiger partial charge on any atom is 0.267 e. The maximum absolute atomic E-state index is 13.2. The minimum absolute atomic E-state index is 0.215. The number of aryl methyl sites for hydroxylation is 1. The first-order valence-corrected chi connectivity index (χ1v) is 8.22. The number of aromatic nitrogens is 3. The van der Waals surface area contributed by atoms with Crippen molar-refractivity contribution in [3.63, 3.8) is 0 Å². The first kappa shape index (κ1) is 14.6. The molecule has 0 spiro atoms. The SMILES string of the molecule is Cc1cccc2cc3cc(C#N)c4nc5ccccc5c(=O)n4c3nc12. The standard InChI is InChI=1S/C21H12N4O/c1-12-5-4-6-13-9-14-10-15(11-22)20-23-17-8-3-2-7-16(17)21(26)25(20)19(14)24-18(12)13/h2-10H,1H3. The molecule has 5 nitrogen and oxygen atoms in total. The van der Waals surface area contributed by atoms with Gasteiger partial charge in [0.15, 0.2) is 5.65 Å². The molecule has 0 aliphatic heterocycles. The zero-order valence-electron chi connectivity index (χ0n) is 13.9. The zero-order valence-corrected chi connectivity index (χ0v) is 13.9. The highest BCUT2D eigenvalue weighted by Crippen LogP contribution is 2.24. The van der Waals surface area contributed by atoms with E-state index in [9.17, 15) is 10.1 Å². The van der Waals surface area contributed by atoms with E-state index in [1.165, 1.54) is 4.40 Å². The molecule has 0 aliphatic carbocycles. The van der Waals surface area contributed by atoms with Gasteiger partial charge < -0.3 is 0 Å². The first-order chi connectivity index (χ1) is 12.7. The van der Waals surface area contributed by atoms with Gasteiger partial charge in [-0.1, -0.05) is 30.3 Å². The van der Waals surface area contributed by atoms with Crippen molar-refractivity contribution < 1.29 is 0 Å². The monoisotopic (exact) mass is 336 g/mol. The zero-order chi connectivity index (χ0) is 17.8. The van der Waals surface area contributed by atoms with Crippen molar-refractivity contribution in [3.8, 4) is 6.07 Å². The van der Waals surface area contributed by atoms with E-state index < -0.39 is 0 Å². The van der Waals surface area contributed by atoms with E-state index in [0.717, 1.165) is 21.9 Å². The summed E-state index contributed by atoms with van der Waals surface area (Å²) in [6.45, 7) is 1.99. The Hall–Kier alpha value is -3.78. The average Bonchev–Trinajstić information content (AvgIpc) is 2.66. The number of nitriles is 1. The van der Waals surface area contributed by atoms with Crippen LogP contribution in [-0.2, 0) is 0 Å². The van der Waals surface area contributed by atoms with Gasteiger partial charge in [0, 0.05) is 10.8 Å². The number of fused-ring (bicyclic) bond motifs is 5. The Morgan fingerprint density at radius 2 is 1.81 bits per heavy atom. The molecule has 122 valence electrons. The lowest BCUT2D eigenvalue weighted by molar-refractivity contribution is 1.10. The first-order valence-electron chi connectivity index (χ1n) is 8.22. The molecule has 0 saturated carbocycles. The van der Waals surface area contributed by atoms with Gasteiger partial charge in [-0.15, -0.1) is 0 Å². The van der Waals surface area contributed by atoms with Gasteiger partial charge in [0.1, 0.15) is 11.7 Å². The Morgan fingerprint density at radius 1 is 0.962 bits per heavy atom. The summed E-state index contributed by atoms with van der Waals surface area (Å²) in [6, 6.07) is 19.0. The van der Waals surface area contributed by atoms with Crippen molar-refractivity contribution in [2.75, 3.05) is 0 Å². The fraction of sp³-hybridized carbons (Fsp3) is 0.0476. The molecule has 5 rings (SSSR count). The number of hydrogen-bond donors (Lipinski definition) is 0. The molecule has 0 amide bonds. The van der Waals surface area contributed by atoms with Gasteiger partial charge in [0.25, 0.3) is 5.56 Å². The van der Waals surface area contributed by atoms with Crippen LogP contribution < -0.4 is 5.56 Å². The minimum Gasteiger partial charge on any atom is -0.268 e. The molecular weight excluding hydrogens is 324 g/mol. The molecule has 26 heavy (non-hydrogen) atoms. The second-order valence-electron chi connectivity index (χ2n) is 6.31. The van der Waals surface area contributed by atoms with Gasteiger partial charge in [0.05, 0.1) is 22.0 Å². The highest BCUT2D eigenvalue weighted by molar-refractivity contribution is 5.95. The second kappa shape index (κ2) is 5.11. The van der Waals surface area contributed by atoms with Crippen LogP contribution in [0.5, 0.6) is 0 Å². The highest BCUT2D eigenvalue weighted by atomic mass is 16.1. The lowest BCUT2D eigenvalue weighted by Crippen LogP contribution is -2.17. The molecule has 5 aromatic rings. The summed E-state index contributed by atoms with van der Waals surface area (Å²) in [5.41, 5.74) is 3.44. The number of benzene rings is 2. The van der Waals surface area contributed by atoms with E-state index in [1.807, 2.05) is 37.3 Å². The molecule has 0 atom stereocenters. The predicted octanol–water partition coefficient (Wildman–Crippen LogP) is 3.73. The molecule has 0 radical (unpaired) electrons. The lowest BCUT2D eigenvalue weighted by Gasteiger charge is -2.10. The maximum atomic E-state index is 13.2. The smallest absolute Gasteiger partial charge is 0.267 e. The minimum atomic E-state index is -0.215. The Labute approximate surface area is 147 Å². The fourth-order valence-corrected chi connectivity index (χ4v) is 3.45. The molecule has 0 aliphatic rings. The number of nitrogens with zero attached hydrogens (tertiary/aromatic N) is 4. The molecule has 0 bridgehead atoms. The Balaban J connectivity index is 2.13.